The number of nitrogens with one attached hydrogen (secondary N) is 2. The van der Waals surface area contributed by atoms with Crippen LogP contribution in [0, 0.1) is 11.6 Å². The number of benzene rings is 2. The molecule has 0 saturated carbocycles. The van der Waals surface area contributed by atoms with Crippen molar-refractivity contribution in [2.75, 3.05) is 13.1 Å². The zero-order valence-electron chi connectivity index (χ0n) is 17.8. The van der Waals surface area contributed by atoms with Crippen LogP contribution in [0.4, 0.5) is 8.78 Å². The highest BCUT2D eigenvalue weighted by molar-refractivity contribution is 5.81. The number of hydrogen-bond donors (Lipinski definition) is 5. The van der Waals surface area contributed by atoms with Crippen molar-refractivity contribution in [3.05, 3.63) is 71.3 Å². The zero-order chi connectivity index (χ0) is 23.5. The molecule has 2 amide bonds. The first-order chi connectivity index (χ1) is 15.3. The standard InChI is InChI=1S/C23H30F2N4O3/c24-17-8-9-19(25)16(12-17)13-18(26)14-29-21(30)7-4-10-28-23(32)22(31)20(27)11-15-5-2-1-3-6-15/h1-3,5-6,8-9,12,18,20,22,31H,4,7,10-11,13-14,26-27H2,(H,28,32)(H,29,30)/t18?,20-,22+/m1/s1. The van der Waals surface area contributed by atoms with Gasteiger partial charge in [0, 0.05) is 31.6 Å². The first kappa shape index (κ1) is 25.4. The van der Waals surface area contributed by atoms with Gasteiger partial charge in [-0.15, -0.1) is 0 Å². The predicted molar refractivity (Wildman–Crippen MR) is 117 cm³/mol. The zero-order valence-corrected chi connectivity index (χ0v) is 17.8. The molecule has 0 aliphatic rings. The van der Waals surface area contributed by atoms with E-state index < -0.39 is 35.7 Å². The number of hydrogen-bond acceptors (Lipinski definition) is 5. The average Bonchev–Trinajstić information content (AvgIpc) is 2.77. The Morgan fingerprint density at radius 3 is 2.44 bits per heavy atom. The second-order valence-corrected chi connectivity index (χ2v) is 7.70. The third kappa shape index (κ3) is 8.70. The number of carbonyl (C=O) groups is 2. The molecule has 0 fully saturated rings. The Kier molecular flexibility index (Phi) is 10.2. The second-order valence-electron chi connectivity index (χ2n) is 7.70. The largest absolute Gasteiger partial charge is 0.382 e. The molecule has 2 aromatic rings. The number of rotatable bonds is 12. The summed E-state index contributed by atoms with van der Waals surface area (Å²) in [5.74, 6) is -1.97. The molecule has 0 bridgehead atoms. The monoisotopic (exact) mass is 448 g/mol. The Labute approximate surface area is 186 Å². The normalized spacial score (nSPS) is 13.8. The van der Waals surface area contributed by atoms with Crippen LogP contribution in [0.15, 0.2) is 48.5 Å². The minimum Gasteiger partial charge on any atom is -0.382 e. The summed E-state index contributed by atoms with van der Waals surface area (Å²) in [4.78, 5) is 24.0. The Hall–Kier alpha value is -2.88. The number of carbonyl (C=O) groups excluding carboxylic acids is 2. The summed E-state index contributed by atoms with van der Waals surface area (Å²) in [6.45, 7) is 0.302. The molecule has 2 aromatic carbocycles. The van der Waals surface area contributed by atoms with Crippen LogP contribution >= 0.6 is 0 Å². The van der Waals surface area contributed by atoms with Crippen LogP contribution in [0.2, 0.25) is 0 Å². The van der Waals surface area contributed by atoms with Crippen molar-refractivity contribution in [1.82, 2.24) is 10.6 Å². The van der Waals surface area contributed by atoms with Gasteiger partial charge in [-0.2, -0.15) is 0 Å². The highest BCUT2D eigenvalue weighted by atomic mass is 19.1. The number of aliphatic hydroxyl groups is 1. The van der Waals surface area contributed by atoms with Crippen LogP contribution < -0.4 is 22.1 Å². The summed E-state index contributed by atoms with van der Waals surface area (Å²) in [5, 5.41) is 15.3. The quantitative estimate of drug-likeness (QED) is 0.306. The van der Waals surface area contributed by atoms with Crippen LogP contribution in [0.5, 0.6) is 0 Å². The fourth-order valence-corrected chi connectivity index (χ4v) is 3.15. The van der Waals surface area contributed by atoms with Gasteiger partial charge in [-0.05, 0) is 48.6 Å². The van der Waals surface area contributed by atoms with Crippen molar-refractivity contribution in [2.45, 2.75) is 43.9 Å². The number of halogens is 2. The molecule has 0 spiro atoms. The van der Waals surface area contributed by atoms with Crippen LogP contribution in [-0.2, 0) is 22.4 Å². The van der Waals surface area contributed by atoms with Crippen molar-refractivity contribution in [3.63, 3.8) is 0 Å². The lowest BCUT2D eigenvalue weighted by atomic mass is 10.0. The molecule has 0 saturated heterocycles. The lowest BCUT2D eigenvalue weighted by Crippen LogP contribution is -2.47. The molecule has 1 unspecified atom stereocenters. The van der Waals surface area contributed by atoms with Crippen LogP contribution in [0.25, 0.3) is 0 Å². The van der Waals surface area contributed by atoms with Crippen molar-refractivity contribution in [3.8, 4) is 0 Å². The van der Waals surface area contributed by atoms with Gasteiger partial charge in [0.15, 0.2) is 0 Å². The van der Waals surface area contributed by atoms with Crippen LogP contribution in [0.1, 0.15) is 24.0 Å². The fraction of sp³-hybridized carbons (Fsp3) is 0.391. The molecule has 0 aromatic heterocycles. The van der Waals surface area contributed by atoms with Crippen molar-refractivity contribution in [2.24, 2.45) is 11.5 Å². The van der Waals surface area contributed by atoms with Gasteiger partial charge in [0.2, 0.25) is 11.8 Å². The molecular weight excluding hydrogens is 418 g/mol. The maximum absolute atomic E-state index is 13.6. The van der Waals surface area contributed by atoms with Gasteiger partial charge in [0.1, 0.15) is 17.7 Å². The first-order valence-corrected chi connectivity index (χ1v) is 10.5. The summed E-state index contributed by atoms with van der Waals surface area (Å²) in [5.41, 5.74) is 12.9. The minimum atomic E-state index is -1.36. The highest BCUT2D eigenvalue weighted by Gasteiger charge is 2.22. The Bertz CT molecular complexity index is 883. The summed E-state index contributed by atoms with van der Waals surface area (Å²) in [6.07, 6.45) is -0.428. The lowest BCUT2D eigenvalue weighted by molar-refractivity contribution is -0.130. The first-order valence-electron chi connectivity index (χ1n) is 10.5. The molecule has 0 heterocycles. The number of aliphatic hydroxyl groups excluding tert-OH is 1. The van der Waals surface area contributed by atoms with Crippen LogP contribution in [0.3, 0.4) is 0 Å². The van der Waals surface area contributed by atoms with Gasteiger partial charge in [0.05, 0.1) is 0 Å². The van der Waals surface area contributed by atoms with E-state index in [1.807, 2.05) is 30.3 Å². The second kappa shape index (κ2) is 12.8. The van der Waals surface area contributed by atoms with Gasteiger partial charge in [0.25, 0.3) is 0 Å². The van der Waals surface area contributed by atoms with E-state index in [0.717, 1.165) is 23.8 Å². The Morgan fingerprint density at radius 2 is 1.72 bits per heavy atom. The Morgan fingerprint density at radius 1 is 1.00 bits per heavy atom. The molecule has 2 rings (SSSR count). The summed E-state index contributed by atoms with van der Waals surface area (Å²) >= 11 is 0. The summed E-state index contributed by atoms with van der Waals surface area (Å²) < 4.78 is 26.8. The van der Waals surface area contributed by atoms with Gasteiger partial charge in [-0.1, -0.05) is 30.3 Å². The molecule has 0 aliphatic heterocycles. The SMILES string of the molecule is NC(CNC(=O)CCCNC(=O)[C@@H](O)[C@H](N)Cc1ccccc1)Cc1cc(F)ccc1F. The van der Waals surface area contributed by atoms with Crippen molar-refractivity contribution in [1.29, 1.82) is 0 Å². The topological polar surface area (TPSA) is 130 Å². The van der Waals surface area contributed by atoms with E-state index in [-0.39, 0.29) is 37.4 Å². The van der Waals surface area contributed by atoms with Gasteiger partial charge in [-0.3, -0.25) is 9.59 Å². The number of nitrogens with two attached hydrogens (primary N) is 2. The molecule has 32 heavy (non-hydrogen) atoms. The third-order valence-corrected chi connectivity index (χ3v) is 4.92. The molecule has 9 heteroatoms. The smallest absolute Gasteiger partial charge is 0.250 e. The molecular formula is C23H30F2N4O3. The summed E-state index contributed by atoms with van der Waals surface area (Å²) in [7, 11) is 0. The third-order valence-electron chi connectivity index (χ3n) is 4.92. The van der Waals surface area contributed by atoms with Gasteiger partial charge >= 0.3 is 0 Å². The average molecular weight is 449 g/mol. The maximum atomic E-state index is 13.6. The van der Waals surface area contributed by atoms with Crippen molar-refractivity contribution < 1.29 is 23.5 Å². The maximum Gasteiger partial charge on any atom is 0.250 e. The minimum absolute atomic E-state index is 0.0844. The summed E-state index contributed by atoms with van der Waals surface area (Å²) in [6, 6.07) is 11.1. The molecule has 0 aliphatic carbocycles. The van der Waals surface area contributed by atoms with E-state index in [0.29, 0.717) is 12.8 Å². The predicted octanol–water partition coefficient (Wildman–Crippen LogP) is 0.778. The molecule has 3 atom stereocenters. The lowest BCUT2D eigenvalue weighted by Gasteiger charge is -2.18. The van der Waals surface area contributed by atoms with Crippen LogP contribution in [-0.4, -0.2) is 48.2 Å². The Balaban J connectivity index is 1.61. The van der Waals surface area contributed by atoms with Gasteiger partial charge < -0.3 is 27.2 Å². The van der Waals surface area contributed by atoms with E-state index in [9.17, 15) is 23.5 Å². The van der Waals surface area contributed by atoms with Gasteiger partial charge in [-0.25, -0.2) is 8.78 Å². The number of amides is 2. The van der Waals surface area contributed by atoms with E-state index >= 15 is 0 Å². The van der Waals surface area contributed by atoms with E-state index in [4.69, 9.17) is 11.5 Å². The molecule has 7 nitrogen and oxygen atoms in total. The van der Waals surface area contributed by atoms with E-state index in [2.05, 4.69) is 10.6 Å². The van der Waals surface area contributed by atoms with Crippen molar-refractivity contribution >= 4 is 11.8 Å². The van der Waals surface area contributed by atoms with E-state index in [1.165, 1.54) is 0 Å². The highest BCUT2D eigenvalue weighted by Crippen LogP contribution is 2.11. The molecule has 0 radical (unpaired) electrons. The fourth-order valence-electron chi connectivity index (χ4n) is 3.15. The molecule has 174 valence electrons. The molecule has 7 N–H and O–H groups in total. The van der Waals surface area contributed by atoms with E-state index in [1.54, 1.807) is 0 Å².